The Hall–Kier alpha value is -0.170. The van der Waals surface area contributed by atoms with Gasteiger partial charge < -0.3 is 10.2 Å². The molecule has 0 radical (unpaired) electrons. The molecule has 0 aromatic heterocycles. The Bertz CT molecular complexity index is 251. The Labute approximate surface area is 78.1 Å². The lowest BCUT2D eigenvalue weighted by Crippen LogP contribution is -2.42. The van der Waals surface area contributed by atoms with Gasteiger partial charge in [0.2, 0.25) is 0 Å². The molecule has 0 amide bonds. The summed E-state index contributed by atoms with van der Waals surface area (Å²) in [5.74, 6) is -3.04. The summed E-state index contributed by atoms with van der Waals surface area (Å²) in [6.07, 6.45) is 0.136. The first-order chi connectivity index (χ1) is 5.60. The maximum absolute atomic E-state index is 10.8. The minimum absolute atomic E-state index is 0.136. The fraction of sp³-hybridized carbons (Fsp3) is 1.00. The van der Waals surface area contributed by atoms with Crippen molar-refractivity contribution < 1.29 is 23.2 Å². The fourth-order valence-corrected chi connectivity index (χ4v) is 2.37. The number of hydrogen-bond donors (Lipinski definition) is 3. The molecule has 0 fully saturated rings. The van der Waals surface area contributed by atoms with Crippen LogP contribution in [0.4, 0.5) is 0 Å². The van der Waals surface area contributed by atoms with Gasteiger partial charge in [-0.05, 0) is 13.3 Å². The molecule has 0 rings (SSSR count). The molecule has 0 aromatic carbocycles. The second-order valence-corrected chi connectivity index (χ2v) is 4.98. The van der Waals surface area contributed by atoms with Gasteiger partial charge in [0.25, 0.3) is 10.1 Å². The van der Waals surface area contributed by atoms with E-state index in [1.54, 1.807) is 6.92 Å². The van der Waals surface area contributed by atoms with Gasteiger partial charge in [0.05, 0.1) is 5.25 Å². The Morgan fingerprint density at radius 1 is 1.38 bits per heavy atom. The van der Waals surface area contributed by atoms with Gasteiger partial charge in [-0.3, -0.25) is 4.55 Å². The van der Waals surface area contributed by atoms with E-state index in [1.165, 1.54) is 6.92 Å². The molecule has 0 saturated heterocycles. The van der Waals surface area contributed by atoms with Crippen molar-refractivity contribution in [3.05, 3.63) is 0 Å². The second-order valence-electron chi connectivity index (χ2n) is 3.34. The van der Waals surface area contributed by atoms with Gasteiger partial charge in [-0.25, -0.2) is 0 Å². The number of rotatable bonds is 4. The maximum Gasteiger partial charge on any atom is 0.268 e. The summed E-state index contributed by atoms with van der Waals surface area (Å²) >= 11 is 0. The zero-order valence-electron chi connectivity index (χ0n) is 7.93. The van der Waals surface area contributed by atoms with Crippen LogP contribution in [-0.4, -0.2) is 34.2 Å². The monoisotopic (exact) mass is 212 g/mol. The molecule has 13 heavy (non-hydrogen) atoms. The minimum atomic E-state index is -4.22. The number of aliphatic hydroxyl groups is 2. The van der Waals surface area contributed by atoms with Crippen molar-refractivity contribution >= 4 is 10.1 Å². The van der Waals surface area contributed by atoms with Crippen LogP contribution in [0.1, 0.15) is 27.2 Å². The van der Waals surface area contributed by atoms with E-state index in [0.29, 0.717) is 0 Å². The molecule has 2 unspecified atom stereocenters. The van der Waals surface area contributed by atoms with Gasteiger partial charge in [-0.1, -0.05) is 13.8 Å². The van der Waals surface area contributed by atoms with Gasteiger partial charge in [0.15, 0.2) is 5.79 Å². The van der Waals surface area contributed by atoms with E-state index < -0.39 is 27.1 Å². The van der Waals surface area contributed by atoms with Gasteiger partial charge in [0, 0.05) is 5.92 Å². The predicted molar refractivity (Wildman–Crippen MR) is 47.6 cm³/mol. The molecule has 0 aliphatic heterocycles. The van der Waals surface area contributed by atoms with E-state index >= 15 is 0 Å². The van der Waals surface area contributed by atoms with Crippen LogP contribution in [0.5, 0.6) is 0 Å². The molecular weight excluding hydrogens is 196 g/mol. The summed E-state index contributed by atoms with van der Waals surface area (Å²) in [6, 6.07) is 0. The highest BCUT2D eigenvalue weighted by atomic mass is 32.2. The molecule has 0 heterocycles. The maximum atomic E-state index is 10.8. The van der Waals surface area contributed by atoms with Crippen LogP contribution in [0.15, 0.2) is 0 Å². The molecule has 6 heteroatoms. The SMILES string of the molecule is CCC(C(C)C(C)(O)O)S(=O)(=O)O. The molecule has 3 N–H and O–H groups in total. The first-order valence-corrected chi connectivity index (χ1v) is 5.52. The van der Waals surface area contributed by atoms with Crippen LogP contribution in [0.3, 0.4) is 0 Å². The summed E-state index contributed by atoms with van der Waals surface area (Å²) < 4.78 is 30.3. The smallest absolute Gasteiger partial charge is 0.268 e. The molecule has 2 atom stereocenters. The third-order valence-electron chi connectivity index (χ3n) is 2.21. The van der Waals surface area contributed by atoms with Crippen molar-refractivity contribution in [2.24, 2.45) is 5.92 Å². The van der Waals surface area contributed by atoms with Crippen LogP contribution in [0.25, 0.3) is 0 Å². The van der Waals surface area contributed by atoms with Crippen LogP contribution in [0.2, 0.25) is 0 Å². The van der Waals surface area contributed by atoms with Gasteiger partial charge in [-0.15, -0.1) is 0 Å². The van der Waals surface area contributed by atoms with Crippen molar-refractivity contribution in [1.82, 2.24) is 0 Å². The Morgan fingerprint density at radius 3 is 1.85 bits per heavy atom. The third-order valence-corrected chi connectivity index (χ3v) is 3.71. The highest BCUT2D eigenvalue weighted by Crippen LogP contribution is 2.24. The van der Waals surface area contributed by atoms with E-state index in [2.05, 4.69) is 0 Å². The van der Waals surface area contributed by atoms with Crippen LogP contribution < -0.4 is 0 Å². The van der Waals surface area contributed by atoms with Gasteiger partial charge in [-0.2, -0.15) is 8.42 Å². The highest BCUT2D eigenvalue weighted by molar-refractivity contribution is 7.86. The molecule has 0 spiro atoms. The lowest BCUT2D eigenvalue weighted by molar-refractivity contribution is -0.181. The first kappa shape index (κ1) is 12.8. The predicted octanol–water partition coefficient (Wildman–Crippen LogP) is -0.0103. The van der Waals surface area contributed by atoms with Crippen molar-refractivity contribution in [1.29, 1.82) is 0 Å². The molecule has 0 aromatic rings. The van der Waals surface area contributed by atoms with Crippen molar-refractivity contribution in [3.8, 4) is 0 Å². The Balaban J connectivity index is 4.82. The summed E-state index contributed by atoms with van der Waals surface area (Å²) in [5.41, 5.74) is 0. The average Bonchev–Trinajstić information content (AvgIpc) is 1.83. The molecule has 0 aliphatic carbocycles. The molecule has 80 valence electrons. The largest absolute Gasteiger partial charge is 0.366 e. The zero-order valence-corrected chi connectivity index (χ0v) is 8.74. The first-order valence-electron chi connectivity index (χ1n) is 4.01. The quantitative estimate of drug-likeness (QED) is 0.450. The number of hydrogen-bond acceptors (Lipinski definition) is 4. The normalized spacial score (nSPS) is 18.3. The zero-order chi connectivity index (χ0) is 10.9. The van der Waals surface area contributed by atoms with E-state index in [4.69, 9.17) is 14.8 Å². The van der Waals surface area contributed by atoms with Crippen molar-refractivity contribution in [3.63, 3.8) is 0 Å². The minimum Gasteiger partial charge on any atom is -0.366 e. The van der Waals surface area contributed by atoms with E-state index in [0.717, 1.165) is 6.92 Å². The van der Waals surface area contributed by atoms with E-state index in [-0.39, 0.29) is 6.42 Å². The molecular formula is C7H16O5S. The fourth-order valence-electron chi connectivity index (χ4n) is 1.17. The lowest BCUT2D eigenvalue weighted by Gasteiger charge is -2.29. The molecule has 0 bridgehead atoms. The highest BCUT2D eigenvalue weighted by Gasteiger charge is 2.37. The lowest BCUT2D eigenvalue weighted by atomic mass is 9.97. The topological polar surface area (TPSA) is 94.8 Å². The average molecular weight is 212 g/mol. The van der Waals surface area contributed by atoms with E-state index in [1.807, 2.05) is 0 Å². The molecule has 0 aliphatic rings. The summed E-state index contributed by atoms with van der Waals surface area (Å²) in [5, 5.41) is 17.1. The van der Waals surface area contributed by atoms with Crippen molar-refractivity contribution in [2.75, 3.05) is 0 Å². The van der Waals surface area contributed by atoms with Gasteiger partial charge >= 0.3 is 0 Å². The summed E-state index contributed by atoms with van der Waals surface area (Å²) in [4.78, 5) is 0. The molecule has 5 nitrogen and oxygen atoms in total. The van der Waals surface area contributed by atoms with E-state index in [9.17, 15) is 8.42 Å². The van der Waals surface area contributed by atoms with Crippen LogP contribution >= 0.6 is 0 Å². The Morgan fingerprint density at radius 2 is 1.77 bits per heavy atom. The second kappa shape index (κ2) is 3.91. The Kier molecular flexibility index (Phi) is 3.86. The van der Waals surface area contributed by atoms with Crippen LogP contribution in [0, 0.1) is 5.92 Å². The standard InChI is InChI=1S/C7H16O5S/c1-4-6(13(10,11)12)5(2)7(3,8)9/h5-6,8-9H,4H2,1-3H3,(H,10,11,12). The van der Waals surface area contributed by atoms with Crippen molar-refractivity contribution in [2.45, 2.75) is 38.2 Å². The van der Waals surface area contributed by atoms with Gasteiger partial charge in [0.1, 0.15) is 0 Å². The third kappa shape index (κ3) is 3.60. The van der Waals surface area contributed by atoms with Crippen LogP contribution in [-0.2, 0) is 10.1 Å². The summed E-state index contributed by atoms with van der Waals surface area (Å²) in [7, 11) is -4.22. The summed E-state index contributed by atoms with van der Waals surface area (Å²) in [6.45, 7) is 4.01. The molecule has 0 saturated carbocycles.